The lowest BCUT2D eigenvalue weighted by Gasteiger charge is -2.53. The van der Waals surface area contributed by atoms with Crippen LogP contribution >= 0.6 is 11.3 Å². The van der Waals surface area contributed by atoms with Crippen LogP contribution in [0.25, 0.3) is 32.6 Å². The van der Waals surface area contributed by atoms with Crippen molar-refractivity contribution in [2.45, 2.75) is 124 Å². The number of piperidine rings is 1. The Morgan fingerprint density at radius 3 is 2.20 bits per heavy atom. The van der Waals surface area contributed by atoms with E-state index in [4.69, 9.17) is 0 Å². The Kier molecular flexibility index (Phi) is 17.9. The van der Waals surface area contributed by atoms with Gasteiger partial charge in [-0.1, -0.05) is 57.2 Å². The molecule has 8 atom stereocenters. The number of piperazine rings is 1. The normalized spacial score (nSPS) is 22.3. The molecule has 7 heterocycles. The molecule has 23 heteroatoms. The molecule has 3 aromatic heterocycles. The standard InChI is InChI=1S/C61H74F3N11O7S2/c1-35-29-69(30-36(2)73(35)74(39(5)76)57(61(6,7)8)60(80)72-33-47(77)26-52(72)59(79)68-37(3)41-9-11-43(12-10-41)56-38(4)67-34-83-56)31-40-19-22-70(23-20-40)46-15-13-42(14-16-46)44-25-48-49(28-66-58(48)65-27-44)55(78)53-50(63)17-18-51(54(53)64)75(84(81)82)71-24-21-45(62)32-71/h9-18,25,27-28,34-37,40,45,47,52,57,77H,19-24,26,29-33H2,1-8H3,(H,65,66)(H,68,79)(H,81,82)/p-1/t35-,36+,37-,45+,47+,52-,57+/m0/s1. The Morgan fingerprint density at radius 1 is 0.917 bits per heavy atom. The molecular formula is C61H73F3N11O7S2-. The molecule has 3 N–H and O–H groups in total. The molecule has 0 aliphatic carbocycles. The van der Waals surface area contributed by atoms with Gasteiger partial charge in [-0.2, -0.15) is 0 Å². The van der Waals surface area contributed by atoms with Crippen molar-refractivity contribution in [1.29, 1.82) is 0 Å². The second-order valence-corrected chi connectivity index (χ2v) is 25.8. The highest BCUT2D eigenvalue weighted by molar-refractivity contribution is 7.80. The van der Waals surface area contributed by atoms with Gasteiger partial charge < -0.3 is 29.8 Å². The number of nitrogens with zero attached hydrogens (tertiary/aromatic N) is 9. The highest BCUT2D eigenvalue weighted by Gasteiger charge is 2.50. The lowest BCUT2D eigenvalue weighted by Crippen LogP contribution is -2.70. The van der Waals surface area contributed by atoms with E-state index < -0.39 is 69.7 Å². The van der Waals surface area contributed by atoms with Gasteiger partial charge in [-0.25, -0.2) is 37.6 Å². The molecule has 6 aromatic rings. The number of H-pyrrole nitrogens is 1. The lowest BCUT2D eigenvalue weighted by molar-refractivity contribution is -0.191. The molecule has 4 saturated heterocycles. The zero-order valence-corrected chi connectivity index (χ0v) is 50.2. The van der Waals surface area contributed by atoms with Crippen LogP contribution in [0.15, 0.2) is 84.6 Å². The van der Waals surface area contributed by atoms with Gasteiger partial charge in [0.15, 0.2) is 5.82 Å². The number of pyridine rings is 1. The zero-order chi connectivity index (χ0) is 60.1. The van der Waals surface area contributed by atoms with Crippen LogP contribution in [0.2, 0.25) is 0 Å². The largest absolute Gasteiger partial charge is 0.754 e. The number of aromatic amines is 1. The molecule has 0 saturated carbocycles. The molecule has 0 radical (unpaired) electrons. The first-order valence-corrected chi connectivity index (χ1v) is 30.6. The smallest absolute Gasteiger partial charge is 0.248 e. The number of carbonyl (C=O) groups excluding carboxylic acids is 4. The molecule has 3 amide bonds. The van der Waals surface area contributed by atoms with E-state index in [0.29, 0.717) is 40.0 Å². The third-order valence-electron chi connectivity index (χ3n) is 16.9. The van der Waals surface area contributed by atoms with Crippen molar-refractivity contribution in [2.75, 3.05) is 61.7 Å². The maximum Gasteiger partial charge on any atom is 0.248 e. The van der Waals surface area contributed by atoms with Crippen LogP contribution in [-0.4, -0.2) is 166 Å². The number of benzene rings is 3. The molecule has 0 bridgehead atoms. The molecule has 4 aliphatic heterocycles. The van der Waals surface area contributed by atoms with E-state index in [1.54, 1.807) is 28.6 Å². The molecule has 10 rings (SSSR count). The number of aryl methyl sites for hydroxylation is 1. The number of rotatable bonds is 16. The second-order valence-electron chi connectivity index (χ2n) is 24.1. The SMILES string of the molecule is CC(=O)N([C@H](C(=O)N1C[C@H](O)C[C@H]1C(=O)N[C@@H](C)c1ccc(-c2scnc2C)cc1)C(C)(C)C)N1[C@H](C)CN(CC2CCN(c3ccc(-c4cnc5[nH]cc(C(=O)c6c(F)ccc(N(N7CC[C@@H](F)C7)S(=O)[O-])c6F)c5c4)cc3)CC2)C[C@@H]1C. The number of fused-ring (bicyclic) bond motifs is 1. The lowest BCUT2D eigenvalue weighted by atomic mass is 9.84. The van der Waals surface area contributed by atoms with Crippen molar-refractivity contribution in [3.05, 3.63) is 119 Å². The monoisotopic (exact) mass is 1190 g/mol. The fourth-order valence-corrected chi connectivity index (χ4v) is 14.3. The van der Waals surface area contributed by atoms with Crippen LogP contribution in [0.3, 0.4) is 0 Å². The van der Waals surface area contributed by atoms with Crippen molar-refractivity contribution in [1.82, 2.24) is 45.1 Å². The van der Waals surface area contributed by atoms with Crippen LogP contribution in [0.5, 0.6) is 0 Å². The summed E-state index contributed by atoms with van der Waals surface area (Å²) >= 11 is -1.52. The number of β-amino-alcohol motifs (C(OH)–C–C–N with tert-alkyl or cyclic N) is 1. The average molecular weight is 1190 g/mol. The second kappa shape index (κ2) is 24.8. The van der Waals surface area contributed by atoms with Gasteiger partial charge in [-0.15, -0.1) is 11.3 Å². The summed E-state index contributed by atoms with van der Waals surface area (Å²) in [5, 5.41) is 19.2. The third-order valence-corrected chi connectivity index (χ3v) is 18.6. The number of carbonyl (C=O) groups is 4. The Morgan fingerprint density at radius 2 is 1.60 bits per heavy atom. The summed E-state index contributed by atoms with van der Waals surface area (Å²) in [6.45, 7) is 18.8. The number of nitrogens with one attached hydrogen (secondary N) is 2. The minimum Gasteiger partial charge on any atom is -0.754 e. The first-order valence-electron chi connectivity index (χ1n) is 28.7. The maximum absolute atomic E-state index is 16.1. The van der Waals surface area contributed by atoms with Gasteiger partial charge in [-0.3, -0.25) is 33.3 Å². The molecule has 448 valence electrons. The Bertz CT molecular complexity index is 3410. The van der Waals surface area contributed by atoms with Crippen LogP contribution in [0, 0.1) is 29.9 Å². The number of alkyl halides is 1. The molecule has 4 aliphatic rings. The first-order chi connectivity index (χ1) is 40.0. The topological polar surface area (TPSA) is 205 Å². The predicted molar refractivity (Wildman–Crippen MR) is 317 cm³/mol. The number of anilines is 2. The number of aliphatic hydroxyl groups is 1. The predicted octanol–water partition coefficient (Wildman–Crippen LogP) is 8.36. The van der Waals surface area contributed by atoms with Crippen molar-refractivity contribution in [2.24, 2.45) is 11.3 Å². The van der Waals surface area contributed by atoms with Gasteiger partial charge in [0, 0.05) is 106 Å². The van der Waals surface area contributed by atoms with E-state index in [2.05, 4.69) is 48.9 Å². The number of ketones is 1. The van der Waals surface area contributed by atoms with E-state index >= 15 is 13.6 Å². The number of amides is 3. The molecule has 84 heavy (non-hydrogen) atoms. The molecule has 0 spiro atoms. The fourth-order valence-electron chi connectivity index (χ4n) is 12.9. The van der Waals surface area contributed by atoms with Crippen LogP contribution in [-0.2, 0) is 25.7 Å². The zero-order valence-electron chi connectivity index (χ0n) is 48.6. The number of hydrazine groups is 2. The maximum atomic E-state index is 16.1. The number of aliphatic hydroxyl groups excluding tert-OH is 1. The summed E-state index contributed by atoms with van der Waals surface area (Å²) < 4.78 is 70.6. The molecule has 18 nitrogen and oxygen atoms in total. The van der Waals surface area contributed by atoms with E-state index in [-0.39, 0.29) is 73.9 Å². The van der Waals surface area contributed by atoms with Crippen LogP contribution in [0.1, 0.15) is 107 Å². The number of thiazole rings is 1. The highest BCUT2D eigenvalue weighted by Crippen LogP contribution is 2.37. The van der Waals surface area contributed by atoms with Gasteiger partial charge in [0.2, 0.25) is 23.5 Å². The van der Waals surface area contributed by atoms with Gasteiger partial charge in [0.1, 0.15) is 35.4 Å². The van der Waals surface area contributed by atoms with Crippen molar-refractivity contribution < 1.29 is 46.2 Å². The molecule has 4 fully saturated rings. The van der Waals surface area contributed by atoms with Gasteiger partial charge in [0.05, 0.1) is 51.6 Å². The van der Waals surface area contributed by atoms with Gasteiger partial charge >= 0.3 is 0 Å². The van der Waals surface area contributed by atoms with E-state index in [1.807, 2.05) is 88.7 Å². The summed E-state index contributed by atoms with van der Waals surface area (Å²) in [4.78, 5) is 76.3. The minimum absolute atomic E-state index is 0.0178. The van der Waals surface area contributed by atoms with E-state index in [1.165, 1.54) is 18.0 Å². The van der Waals surface area contributed by atoms with Gasteiger partial charge in [0.25, 0.3) is 0 Å². The Balaban J connectivity index is 0.755. The third kappa shape index (κ3) is 12.4. The summed E-state index contributed by atoms with van der Waals surface area (Å²) in [5.74, 6) is -4.20. The Hall–Kier alpha value is -6.60. The summed E-state index contributed by atoms with van der Waals surface area (Å²) in [5.41, 5.74) is 5.14. The molecular weight excluding hydrogens is 1120 g/mol. The highest BCUT2D eigenvalue weighted by atomic mass is 32.2. The number of hydrogen-bond donors (Lipinski definition) is 3. The van der Waals surface area contributed by atoms with Crippen molar-refractivity contribution >= 4 is 68.5 Å². The minimum atomic E-state index is -3.09. The number of aromatic nitrogens is 3. The summed E-state index contributed by atoms with van der Waals surface area (Å²) in [6, 6.07) is 16.9. The molecule has 3 aromatic carbocycles. The fraction of sp³-hybridized carbons (Fsp3) is 0.475. The molecule has 1 unspecified atom stereocenters. The van der Waals surface area contributed by atoms with Crippen LogP contribution in [0.4, 0.5) is 24.5 Å². The number of hydrogen-bond acceptors (Lipinski definition) is 14. The summed E-state index contributed by atoms with van der Waals surface area (Å²) in [6.07, 6.45) is 2.73. The van der Waals surface area contributed by atoms with E-state index in [0.717, 1.165) is 82.6 Å². The Labute approximate surface area is 494 Å². The van der Waals surface area contributed by atoms with Gasteiger partial charge in [-0.05, 0) is 105 Å². The average Bonchev–Trinajstić information content (AvgIpc) is 4.46. The summed E-state index contributed by atoms with van der Waals surface area (Å²) in [7, 11) is 0. The number of halogens is 3. The quantitative estimate of drug-likeness (QED) is 0.0617. The van der Waals surface area contributed by atoms with E-state index in [9.17, 15) is 32.6 Å². The van der Waals surface area contributed by atoms with Crippen LogP contribution < -0.4 is 14.6 Å². The van der Waals surface area contributed by atoms with Crippen molar-refractivity contribution in [3.63, 3.8) is 0 Å². The van der Waals surface area contributed by atoms with Crippen molar-refractivity contribution in [3.8, 4) is 21.6 Å². The first kappa shape index (κ1) is 60.5. The number of likely N-dealkylation sites (tertiary alicyclic amines) is 1.